The number of rotatable bonds is 8. The van der Waals surface area contributed by atoms with Crippen LogP contribution in [0.4, 0.5) is 0 Å². The van der Waals surface area contributed by atoms with Crippen molar-refractivity contribution in [1.29, 1.82) is 0 Å². The molecule has 0 aromatic heterocycles. The summed E-state index contributed by atoms with van der Waals surface area (Å²) in [6, 6.07) is 36.5. The Morgan fingerprint density at radius 3 is 1.74 bits per heavy atom. The molecule has 0 saturated heterocycles. The lowest BCUT2D eigenvalue weighted by Gasteiger charge is -2.22. The number of carbonyl (C=O) groups is 1. The minimum atomic E-state index is -0.238. The predicted molar refractivity (Wildman–Crippen MR) is 150 cm³/mol. The van der Waals surface area contributed by atoms with E-state index in [9.17, 15) is 9.90 Å². The van der Waals surface area contributed by atoms with Crippen molar-refractivity contribution in [1.82, 2.24) is 0 Å². The summed E-state index contributed by atoms with van der Waals surface area (Å²) in [5, 5.41) is 15.1. The van der Waals surface area contributed by atoms with E-state index in [1.54, 1.807) is 24.3 Å². The summed E-state index contributed by atoms with van der Waals surface area (Å²) < 4.78 is 0.108. The van der Waals surface area contributed by atoms with Gasteiger partial charge in [-0.25, -0.2) is 0 Å². The van der Waals surface area contributed by atoms with Gasteiger partial charge in [0.25, 0.3) is 0 Å². The largest absolute Gasteiger partial charge is 0.507 e. The first-order valence-corrected chi connectivity index (χ1v) is 13.5. The molecule has 0 heterocycles. The van der Waals surface area contributed by atoms with Gasteiger partial charge >= 0.3 is 0 Å². The molecule has 5 aromatic rings. The van der Waals surface area contributed by atoms with Crippen LogP contribution >= 0.6 is 23.5 Å². The Kier molecular flexibility index (Phi) is 7.12. The van der Waals surface area contributed by atoms with Crippen LogP contribution in [0.25, 0.3) is 21.5 Å². The molecule has 0 aliphatic carbocycles. The number of carbonyl (C=O) groups excluding carboxylic acids is 1. The molecule has 0 fully saturated rings. The maximum absolute atomic E-state index is 13.3. The highest BCUT2D eigenvalue weighted by Crippen LogP contribution is 2.43. The second-order valence-corrected chi connectivity index (χ2v) is 11.4. The Labute approximate surface area is 214 Å². The minimum absolute atomic E-state index is 0.0230. The molecule has 0 radical (unpaired) electrons. The monoisotopic (exact) mass is 494 g/mol. The van der Waals surface area contributed by atoms with Gasteiger partial charge in [-0.2, -0.15) is 0 Å². The fourth-order valence-electron chi connectivity index (χ4n) is 4.34. The molecule has 4 heteroatoms. The van der Waals surface area contributed by atoms with Gasteiger partial charge in [0.1, 0.15) is 5.75 Å². The molecule has 174 valence electrons. The fourth-order valence-corrected chi connectivity index (χ4v) is 7.43. The van der Waals surface area contributed by atoms with E-state index in [1.807, 2.05) is 30.4 Å². The molecular weight excluding hydrogens is 468 g/mol. The number of para-hydroxylation sites is 1. The Hall–Kier alpha value is -3.21. The van der Waals surface area contributed by atoms with Gasteiger partial charge in [0.15, 0.2) is 5.78 Å². The molecule has 0 amide bonds. The summed E-state index contributed by atoms with van der Waals surface area (Å²) in [5.74, 6) is -0.215. The van der Waals surface area contributed by atoms with Gasteiger partial charge in [-0.05, 0) is 52.2 Å². The summed E-state index contributed by atoms with van der Waals surface area (Å²) in [7, 11) is 0. The standard InChI is InChI=1S/C31H26O2S2/c1-21(31(33)26-16-6-7-17-27(26)32)20-30(34-28-18-8-12-22-10-2-4-14-24(22)28)35-29-19-9-13-23-11-3-5-15-25(23)29/h2-19,21,30,32H,20H2,1H3. The highest BCUT2D eigenvalue weighted by Gasteiger charge is 2.24. The molecule has 5 rings (SSSR count). The molecule has 1 atom stereocenters. The second kappa shape index (κ2) is 10.6. The zero-order valence-electron chi connectivity index (χ0n) is 19.4. The molecule has 0 saturated carbocycles. The van der Waals surface area contributed by atoms with E-state index in [4.69, 9.17) is 0 Å². The Morgan fingerprint density at radius 1 is 0.686 bits per heavy atom. The number of hydrogen-bond acceptors (Lipinski definition) is 4. The topological polar surface area (TPSA) is 37.3 Å². The number of Topliss-reactive ketones (excluding diaryl/α,β-unsaturated/α-hetero) is 1. The van der Waals surface area contributed by atoms with Crippen LogP contribution < -0.4 is 0 Å². The number of ketones is 1. The van der Waals surface area contributed by atoms with Crippen LogP contribution in [0.3, 0.4) is 0 Å². The SMILES string of the molecule is CC(CC(Sc1cccc2ccccc12)Sc1cccc2ccccc12)C(=O)c1ccccc1O. The summed E-state index contributed by atoms with van der Waals surface area (Å²) >= 11 is 3.63. The van der Waals surface area contributed by atoms with Crippen molar-refractivity contribution in [3.63, 3.8) is 0 Å². The first-order valence-electron chi connectivity index (χ1n) is 11.7. The van der Waals surface area contributed by atoms with Gasteiger partial charge in [-0.15, -0.1) is 23.5 Å². The average molecular weight is 495 g/mol. The molecule has 2 nitrogen and oxygen atoms in total. The van der Waals surface area contributed by atoms with Gasteiger partial charge in [0.2, 0.25) is 0 Å². The third-order valence-electron chi connectivity index (χ3n) is 6.18. The number of phenols is 1. The summed E-state index contributed by atoms with van der Waals surface area (Å²) in [4.78, 5) is 15.7. The average Bonchev–Trinajstić information content (AvgIpc) is 2.89. The molecule has 0 aliphatic heterocycles. The Morgan fingerprint density at radius 2 is 1.17 bits per heavy atom. The van der Waals surface area contributed by atoms with Crippen molar-refractivity contribution in [3.05, 3.63) is 115 Å². The van der Waals surface area contributed by atoms with E-state index in [2.05, 4.69) is 84.9 Å². The van der Waals surface area contributed by atoms with Gasteiger partial charge < -0.3 is 5.11 Å². The van der Waals surface area contributed by atoms with Gasteiger partial charge in [0, 0.05) is 15.7 Å². The fraction of sp³-hybridized carbons (Fsp3) is 0.129. The lowest BCUT2D eigenvalue weighted by Crippen LogP contribution is -2.16. The van der Waals surface area contributed by atoms with E-state index in [0.717, 1.165) is 0 Å². The molecular formula is C31H26O2S2. The van der Waals surface area contributed by atoms with Gasteiger partial charge in [-0.3, -0.25) is 4.79 Å². The zero-order chi connectivity index (χ0) is 24.2. The highest BCUT2D eigenvalue weighted by atomic mass is 32.2. The minimum Gasteiger partial charge on any atom is -0.507 e. The number of fused-ring (bicyclic) bond motifs is 2. The van der Waals surface area contributed by atoms with Gasteiger partial charge in [-0.1, -0.05) is 91.9 Å². The molecule has 0 aliphatic rings. The zero-order valence-corrected chi connectivity index (χ0v) is 21.1. The third kappa shape index (κ3) is 5.24. The van der Waals surface area contributed by atoms with Crippen LogP contribution in [0.15, 0.2) is 119 Å². The number of hydrogen-bond donors (Lipinski definition) is 1. The smallest absolute Gasteiger partial charge is 0.169 e. The number of thioether (sulfide) groups is 2. The highest BCUT2D eigenvalue weighted by molar-refractivity contribution is 8.17. The molecule has 1 unspecified atom stereocenters. The lowest BCUT2D eigenvalue weighted by molar-refractivity contribution is 0.0924. The normalized spacial score (nSPS) is 12.3. The summed E-state index contributed by atoms with van der Waals surface area (Å²) in [6.07, 6.45) is 0.676. The van der Waals surface area contributed by atoms with E-state index in [-0.39, 0.29) is 22.0 Å². The maximum atomic E-state index is 13.3. The molecule has 0 bridgehead atoms. The molecule has 35 heavy (non-hydrogen) atoms. The van der Waals surface area contributed by atoms with Crippen molar-refractivity contribution in [2.24, 2.45) is 5.92 Å². The Balaban J connectivity index is 1.48. The number of phenolic OH excluding ortho intramolecular Hbond substituents is 1. The van der Waals surface area contributed by atoms with Gasteiger partial charge in [0.05, 0.1) is 10.1 Å². The summed E-state index contributed by atoms with van der Waals surface area (Å²) in [6.45, 7) is 1.97. The number of aromatic hydroxyl groups is 1. The van der Waals surface area contributed by atoms with Crippen molar-refractivity contribution in [2.45, 2.75) is 27.7 Å². The second-order valence-electron chi connectivity index (χ2n) is 8.64. The van der Waals surface area contributed by atoms with Crippen LogP contribution in [0, 0.1) is 5.92 Å². The molecule has 5 aromatic carbocycles. The van der Waals surface area contributed by atoms with Crippen molar-refractivity contribution in [2.75, 3.05) is 0 Å². The lowest BCUT2D eigenvalue weighted by atomic mass is 9.96. The van der Waals surface area contributed by atoms with Crippen LogP contribution in [0.2, 0.25) is 0 Å². The first kappa shape index (κ1) is 23.5. The van der Waals surface area contributed by atoms with E-state index in [0.29, 0.717) is 12.0 Å². The van der Waals surface area contributed by atoms with E-state index >= 15 is 0 Å². The van der Waals surface area contributed by atoms with E-state index in [1.165, 1.54) is 31.3 Å². The van der Waals surface area contributed by atoms with Crippen molar-refractivity contribution >= 4 is 50.9 Å². The first-order chi connectivity index (χ1) is 17.1. The van der Waals surface area contributed by atoms with E-state index < -0.39 is 0 Å². The van der Waals surface area contributed by atoms with Crippen LogP contribution in [-0.4, -0.2) is 15.5 Å². The third-order valence-corrected chi connectivity index (χ3v) is 8.89. The van der Waals surface area contributed by atoms with Crippen LogP contribution in [0.1, 0.15) is 23.7 Å². The van der Waals surface area contributed by atoms with Crippen LogP contribution in [0.5, 0.6) is 5.75 Å². The summed E-state index contributed by atoms with van der Waals surface area (Å²) in [5.41, 5.74) is 0.393. The molecule has 0 spiro atoms. The number of benzene rings is 5. The van der Waals surface area contributed by atoms with Crippen LogP contribution in [-0.2, 0) is 0 Å². The Bertz CT molecular complexity index is 1400. The van der Waals surface area contributed by atoms with Crippen molar-refractivity contribution in [3.8, 4) is 5.75 Å². The quantitative estimate of drug-likeness (QED) is 0.133. The maximum Gasteiger partial charge on any atom is 0.169 e. The van der Waals surface area contributed by atoms with Crippen molar-refractivity contribution < 1.29 is 9.90 Å². The molecule has 1 N–H and O–H groups in total. The predicted octanol–water partition coefficient (Wildman–Crippen LogP) is 8.82.